The summed E-state index contributed by atoms with van der Waals surface area (Å²) < 4.78 is 4.93. The molecular weight excluding hydrogens is 392 g/mol. The number of amides is 2. The minimum absolute atomic E-state index is 0.0517. The monoisotopic (exact) mass is 442 g/mol. The van der Waals surface area contributed by atoms with Crippen LogP contribution in [0.3, 0.4) is 0 Å². The van der Waals surface area contributed by atoms with Crippen molar-refractivity contribution >= 4 is 12.0 Å². The van der Waals surface area contributed by atoms with Crippen molar-refractivity contribution in [1.29, 1.82) is 0 Å². The number of ether oxygens (including phenoxy) is 1. The number of esters is 1. The number of aliphatic hydroxyl groups excluding tert-OH is 1. The molecule has 0 unspecified atom stereocenters. The van der Waals surface area contributed by atoms with Crippen LogP contribution in [0.2, 0.25) is 0 Å². The van der Waals surface area contributed by atoms with Crippen LogP contribution in [0.1, 0.15) is 122 Å². The number of carbonyl (C=O) groups excluding carboxylic acids is 2. The zero-order valence-corrected chi connectivity index (χ0v) is 20.2. The highest BCUT2D eigenvalue weighted by molar-refractivity contribution is 5.73. The van der Waals surface area contributed by atoms with Crippen LogP contribution < -0.4 is 10.6 Å². The molecule has 0 saturated carbocycles. The highest BCUT2D eigenvalue weighted by Crippen LogP contribution is 2.13. The van der Waals surface area contributed by atoms with Gasteiger partial charge in [0.05, 0.1) is 6.61 Å². The summed E-state index contributed by atoms with van der Waals surface area (Å²) in [6, 6.07) is -0.0517. The molecule has 0 aliphatic heterocycles. The predicted molar refractivity (Wildman–Crippen MR) is 128 cm³/mol. The van der Waals surface area contributed by atoms with Gasteiger partial charge in [-0.2, -0.15) is 0 Å². The predicted octanol–water partition coefficient (Wildman–Crippen LogP) is 5.86. The Morgan fingerprint density at radius 1 is 0.581 bits per heavy atom. The molecular formula is C25H50N2O4. The largest absolute Gasteiger partial charge is 0.466 e. The first-order valence-corrected chi connectivity index (χ1v) is 12.9. The summed E-state index contributed by atoms with van der Waals surface area (Å²) in [4.78, 5) is 22.3. The van der Waals surface area contributed by atoms with E-state index in [0.717, 1.165) is 51.6 Å². The van der Waals surface area contributed by atoms with Crippen LogP contribution in [0, 0.1) is 0 Å². The van der Waals surface area contributed by atoms with Crippen molar-refractivity contribution in [2.75, 3.05) is 26.3 Å². The van der Waals surface area contributed by atoms with Gasteiger partial charge in [-0.25, -0.2) is 4.79 Å². The van der Waals surface area contributed by atoms with Gasteiger partial charge in [-0.05, 0) is 25.7 Å². The summed E-state index contributed by atoms with van der Waals surface area (Å²) in [5.41, 5.74) is 0. The molecule has 6 heteroatoms. The van der Waals surface area contributed by atoms with E-state index in [0.29, 0.717) is 6.61 Å². The zero-order chi connectivity index (χ0) is 22.8. The molecule has 0 rings (SSSR count). The number of unbranched alkanes of at least 4 members (excludes halogenated alkanes) is 16. The average molecular weight is 443 g/mol. The van der Waals surface area contributed by atoms with E-state index in [-0.39, 0.29) is 18.6 Å². The van der Waals surface area contributed by atoms with Crippen molar-refractivity contribution in [3.8, 4) is 0 Å². The van der Waals surface area contributed by atoms with Crippen molar-refractivity contribution in [2.45, 2.75) is 122 Å². The number of aliphatic hydroxyl groups is 1. The van der Waals surface area contributed by atoms with E-state index in [4.69, 9.17) is 9.84 Å². The molecule has 0 aromatic rings. The molecule has 0 aliphatic rings. The van der Waals surface area contributed by atoms with Crippen molar-refractivity contribution in [3.05, 3.63) is 0 Å². The van der Waals surface area contributed by atoms with Gasteiger partial charge in [-0.3, -0.25) is 4.79 Å². The first-order valence-electron chi connectivity index (χ1n) is 12.9. The standard InChI is InChI=1S/C25H50N2O4/c1-24(29)31-23-19-15-11-9-7-5-3-2-4-6-8-10-12-16-20-26-25(30)27-21-17-13-14-18-22-28/h28H,2-23H2,1H3,(H2,26,27,30). The Bertz CT molecular complexity index is 405. The average Bonchev–Trinajstić information content (AvgIpc) is 2.75. The second-order valence-electron chi connectivity index (χ2n) is 8.61. The lowest BCUT2D eigenvalue weighted by Gasteiger charge is -2.07. The highest BCUT2D eigenvalue weighted by atomic mass is 16.5. The van der Waals surface area contributed by atoms with E-state index in [9.17, 15) is 9.59 Å². The van der Waals surface area contributed by atoms with Gasteiger partial charge >= 0.3 is 12.0 Å². The quantitative estimate of drug-likeness (QED) is 0.137. The molecule has 0 aromatic carbocycles. The fourth-order valence-electron chi connectivity index (χ4n) is 3.62. The van der Waals surface area contributed by atoms with E-state index >= 15 is 0 Å². The van der Waals surface area contributed by atoms with Crippen LogP contribution in [0.5, 0.6) is 0 Å². The summed E-state index contributed by atoms with van der Waals surface area (Å²) in [6.45, 7) is 3.79. The maximum absolute atomic E-state index is 11.6. The molecule has 0 bridgehead atoms. The maximum atomic E-state index is 11.6. The summed E-state index contributed by atoms with van der Waals surface area (Å²) in [5.74, 6) is -0.172. The van der Waals surface area contributed by atoms with Crippen molar-refractivity contribution in [2.24, 2.45) is 0 Å². The third-order valence-electron chi connectivity index (χ3n) is 5.53. The molecule has 0 fully saturated rings. The zero-order valence-electron chi connectivity index (χ0n) is 20.2. The van der Waals surface area contributed by atoms with Crippen molar-refractivity contribution < 1.29 is 19.4 Å². The first kappa shape index (κ1) is 29.7. The molecule has 0 heterocycles. The van der Waals surface area contributed by atoms with E-state index in [1.807, 2.05) is 0 Å². The van der Waals surface area contributed by atoms with E-state index in [2.05, 4.69) is 10.6 Å². The molecule has 0 atom stereocenters. The first-order chi connectivity index (χ1) is 15.2. The number of hydrogen-bond donors (Lipinski definition) is 3. The number of hydrogen-bond acceptors (Lipinski definition) is 4. The number of urea groups is 1. The second-order valence-corrected chi connectivity index (χ2v) is 8.61. The molecule has 184 valence electrons. The number of nitrogens with one attached hydrogen (secondary N) is 2. The Morgan fingerprint density at radius 3 is 1.32 bits per heavy atom. The van der Waals surface area contributed by atoms with Crippen LogP contribution in [0.25, 0.3) is 0 Å². The van der Waals surface area contributed by atoms with E-state index in [1.165, 1.54) is 84.0 Å². The highest BCUT2D eigenvalue weighted by Gasteiger charge is 1.99. The maximum Gasteiger partial charge on any atom is 0.314 e. The SMILES string of the molecule is CC(=O)OCCCCCCCCCCCCCCCCNC(=O)NCCCCCCO. The van der Waals surface area contributed by atoms with Gasteiger partial charge in [-0.15, -0.1) is 0 Å². The molecule has 0 saturated heterocycles. The molecule has 31 heavy (non-hydrogen) atoms. The van der Waals surface area contributed by atoms with Gasteiger partial charge in [0, 0.05) is 26.6 Å². The second kappa shape index (κ2) is 25.0. The molecule has 2 amide bonds. The molecule has 6 nitrogen and oxygen atoms in total. The van der Waals surface area contributed by atoms with Crippen LogP contribution >= 0.6 is 0 Å². The van der Waals surface area contributed by atoms with Crippen LogP contribution in [0.15, 0.2) is 0 Å². The Labute approximate surface area is 191 Å². The molecule has 3 N–H and O–H groups in total. The van der Waals surface area contributed by atoms with Gasteiger partial charge in [0.2, 0.25) is 0 Å². The van der Waals surface area contributed by atoms with E-state index in [1.54, 1.807) is 0 Å². The van der Waals surface area contributed by atoms with Crippen molar-refractivity contribution in [3.63, 3.8) is 0 Å². The number of rotatable bonds is 23. The lowest BCUT2D eigenvalue weighted by molar-refractivity contribution is -0.141. The van der Waals surface area contributed by atoms with Gasteiger partial charge in [0.15, 0.2) is 0 Å². The Kier molecular flexibility index (Phi) is 23.9. The van der Waals surface area contributed by atoms with Crippen molar-refractivity contribution in [1.82, 2.24) is 10.6 Å². The Balaban J connectivity index is 3.12. The smallest absolute Gasteiger partial charge is 0.314 e. The Hall–Kier alpha value is -1.30. The van der Waals surface area contributed by atoms with E-state index < -0.39 is 0 Å². The summed E-state index contributed by atoms with van der Waals surface area (Å²) in [5, 5.41) is 14.5. The lowest BCUT2D eigenvalue weighted by Crippen LogP contribution is -2.36. The molecule has 0 aliphatic carbocycles. The summed E-state index contributed by atoms with van der Waals surface area (Å²) in [6.07, 6.45) is 21.5. The Morgan fingerprint density at radius 2 is 0.935 bits per heavy atom. The normalized spacial score (nSPS) is 10.8. The fraction of sp³-hybridized carbons (Fsp3) is 0.920. The lowest BCUT2D eigenvalue weighted by atomic mass is 10.0. The summed E-state index contributed by atoms with van der Waals surface area (Å²) >= 11 is 0. The molecule has 0 spiro atoms. The van der Waals surface area contributed by atoms with Crippen LogP contribution in [-0.2, 0) is 9.53 Å². The third-order valence-corrected chi connectivity index (χ3v) is 5.53. The topological polar surface area (TPSA) is 87.7 Å². The van der Waals surface area contributed by atoms with Crippen LogP contribution in [-0.4, -0.2) is 43.4 Å². The van der Waals surface area contributed by atoms with Gasteiger partial charge < -0.3 is 20.5 Å². The minimum atomic E-state index is -0.172. The molecule has 0 radical (unpaired) electrons. The number of carbonyl (C=O) groups is 2. The van der Waals surface area contributed by atoms with Gasteiger partial charge in [-0.1, -0.05) is 89.9 Å². The van der Waals surface area contributed by atoms with Crippen LogP contribution in [0.4, 0.5) is 4.79 Å². The molecule has 0 aromatic heterocycles. The van der Waals surface area contributed by atoms with Gasteiger partial charge in [0.25, 0.3) is 0 Å². The van der Waals surface area contributed by atoms with Gasteiger partial charge in [0.1, 0.15) is 0 Å². The summed E-state index contributed by atoms with van der Waals surface area (Å²) in [7, 11) is 0. The minimum Gasteiger partial charge on any atom is -0.466 e. The third kappa shape index (κ3) is 26.7. The fourth-order valence-corrected chi connectivity index (χ4v) is 3.62.